The molecule has 21 heavy (non-hydrogen) atoms. The summed E-state index contributed by atoms with van der Waals surface area (Å²) in [6.45, 7) is 2.57. The third-order valence-corrected chi connectivity index (χ3v) is 6.51. The summed E-state index contributed by atoms with van der Waals surface area (Å²) in [7, 11) is -3.86. The standard InChI is InChI=1S/C13H17Cl2FN2O2S/c1-8(17)9-3-2-4-18(7-9)21(19,20)13-11(14)5-10(16)6-12(13)15/h5-6,8-9H,2-4,7,17H2,1H3. The third-order valence-electron chi connectivity index (χ3n) is 3.73. The molecule has 0 radical (unpaired) electrons. The fraction of sp³-hybridized carbons (Fsp3) is 0.538. The number of benzene rings is 1. The van der Waals surface area contributed by atoms with Crippen molar-refractivity contribution in [3.63, 3.8) is 0 Å². The highest BCUT2D eigenvalue weighted by atomic mass is 35.5. The first-order chi connectivity index (χ1) is 9.73. The Balaban J connectivity index is 2.39. The van der Waals surface area contributed by atoms with Gasteiger partial charge in [-0.1, -0.05) is 23.2 Å². The maximum Gasteiger partial charge on any atom is 0.246 e. The minimum absolute atomic E-state index is 0.0894. The van der Waals surface area contributed by atoms with E-state index >= 15 is 0 Å². The SMILES string of the molecule is CC(N)C1CCCN(S(=O)(=O)c2c(Cl)cc(F)cc2Cl)C1. The molecule has 118 valence electrons. The summed E-state index contributed by atoms with van der Waals surface area (Å²) in [6.07, 6.45) is 1.61. The monoisotopic (exact) mass is 354 g/mol. The maximum absolute atomic E-state index is 13.2. The second-order valence-electron chi connectivity index (χ2n) is 5.32. The van der Waals surface area contributed by atoms with Crippen LogP contribution in [0.5, 0.6) is 0 Å². The second-order valence-corrected chi connectivity index (χ2v) is 8.01. The van der Waals surface area contributed by atoms with Crippen molar-refractivity contribution in [2.75, 3.05) is 13.1 Å². The minimum Gasteiger partial charge on any atom is -0.328 e. The molecule has 1 aromatic rings. The molecule has 0 amide bonds. The molecule has 1 heterocycles. The van der Waals surface area contributed by atoms with Crippen molar-refractivity contribution in [1.29, 1.82) is 0 Å². The van der Waals surface area contributed by atoms with Gasteiger partial charge in [0.05, 0.1) is 10.0 Å². The first kappa shape index (κ1) is 17.0. The highest BCUT2D eigenvalue weighted by Gasteiger charge is 2.34. The lowest BCUT2D eigenvalue weighted by Gasteiger charge is -2.34. The summed E-state index contributed by atoms with van der Waals surface area (Å²) in [4.78, 5) is -0.238. The lowest BCUT2D eigenvalue weighted by Crippen LogP contribution is -2.45. The Morgan fingerprint density at radius 3 is 2.48 bits per heavy atom. The van der Waals surface area contributed by atoms with Gasteiger partial charge < -0.3 is 5.73 Å². The van der Waals surface area contributed by atoms with E-state index in [4.69, 9.17) is 28.9 Å². The maximum atomic E-state index is 13.2. The van der Waals surface area contributed by atoms with Crippen LogP contribution in [0.2, 0.25) is 10.0 Å². The van der Waals surface area contributed by atoms with Crippen LogP contribution in [0.4, 0.5) is 4.39 Å². The number of piperidine rings is 1. The molecular formula is C13H17Cl2FN2O2S. The molecule has 1 saturated heterocycles. The number of nitrogens with two attached hydrogens (primary N) is 1. The summed E-state index contributed by atoms with van der Waals surface area (Å²) in [5.74, 6) is -0.581. The van der Waals surface area contributed by atoms with Gasteiger partial charge in [0.25, 0.3) is 0 Å². The molecule has 8 heteroatoms. The molecule has 0 aromatic heterocycles. The number of hydrogen-bond donors (Lipinski definition) is 1. The van der Waals surface area contributed by atoms with Gasteiger partial charge >= 0.3 is 0 Å². The van der Waals surface area contributed by atoms with Crippen LogP contribution >= 0.6 is 23.2 Å². The highest BCUT2D eigenvalue weighted by Crippen LogP contribution is 2.34. The van der Waals surface area contributed by atoms with E-state index in [0.717, 1.165) is 25.0 Å². The fourth-order valence-electron chi connectivity index (χ4n) is 2.53. The van der Waals surface area contributed by atoms with Gasteiger partial charge in [0.2, 0.25) is 10.0 Å². The van der Waals surface area contributed by atoms with Crippen LogP contribution in [0.1, 0.15) is 19.8 Å². The molecule has 2 rings (SSSR count). The highest BCUT2D eigenvalue weighted by molar-refractivity contribution is 7.89. The Bertz CT molecular complexity index is 614. The molecule has 0 bridgehead atoms. The molecule has 2 unspecified atom stereocenters. The molecule has 1 aliphatic heterocycles. The molecule has 1 fully saturated rings. The van der Waals surface area contributed by atoms with E-state index in [1.54, 1.807) is 0 Å². The van der Waals surface area contributed by atoms with Crippen molar-refractivity contribution < 1.29 is 12.8 Å². The average Bonchev–Trinajstić information content (AvgIpc) is 2.37. The van der Waals surface area contributed by atoms with Crippen molar-refractivity contribution in [1.82, 2.24) is 4.31 Å². The van der Waals surface area contributed by atoms with E-state index in [1.165, 1.54) is 4.31 Å². The summed E-state index contributed by atoms with van der Waals surface area (Å²) in [5.41, 5.74) is 5.87. The number of nitrogens with zero attached hydrogens (tertiary/aromatic N) is 1. The van der Waals surface area contributed by atoms with Gasteiger partial charge in [-0.3, -0.25) is 0 Å². The van der Waals surface area contributed by atoms with Crippen molar-refractivity contribution in [3.05, 3.63) is 28.0 Å². The van der Waals surface area contributed by atoms with Crippen molar-refractivity contribution in [3.8, 4) is 0 Å². The van der Waals surface area contributed by atoms with Gasteiger partial charge in [-0.05, 0) is 37.8 Å². The molecule has 2 N–H and O–H groups in total. The molecule has 1 aromatic carbocycles. The van der Waals surface area contributed by atoms with Gasteiger partial charge in [-0.2, -0.15) is 4.31 Å². The van der Waals surface area contributed by atoms with Gasteiger partial charge in [0.1, 0.15) is 10.7 Å². The lowest BCUT2D eigenvalue weighted by molar-refractivity contribution is 0.243. The van der Waals surface area contributed by atoms with Crippen LogP contribution in [0, 0.1) is 11.7 Å². The molecule has 1 aliphatic rings. The molecule has 0 spiro atoms. The zero-order valence-corrected chi connectivity index (χ0v) is 13.8. The average molecular weight is 355 g/mol. The van der Waals surface area contributed by atoms with Gasteiger partial charge in [0.15, 0.2) is 0 Å². The third kappa shape index (κ3) is 3.51. The number of hydrogen-bond acceptors (Lipinski definition) is 3. The van der Waals surface area contributed by atoms with Crippen LogP contribution < -0.4 is 5.73 Å². The number of rotatable bonds is 3. The predicted octanol–water partition coefficient (Wildman–Crippen LogP) is 2.88. The zero-order chi connectivity index (χ0) is 15.8. The summed E-state index contributed by atoms with van der Waals surface area (Å²) < 4.78 is 39.9. The van der Waals surface area contributed by atoms with Crippen molar-refractivity contribution in [2.45, 2.75) is 30.7 Å². The van der Waals surface area contributed by atoms with Crippen molar-refractivity contribution in [2.24, 2.45) is 11.7 Å². The Morgan fingerprint density at radius 2 is 1.95 bits per heavy atom. The Kier molecular flexibility index (Phi) is 5.15. The number of halogens is 3. The molecule has 0 saturated carbocycles. The molecule has 0 aliphatic carbocycles. The van der Waals surface area contributed by atoms with Gasteiger partial charge in [-0.25, -0.2) is 12.8 Å². The van der Waals surface area contributed by atoms with Crippen molar-refractivity contribution >= 4 is 33.2 Å². The summed E-state index contributed by atoms with van der Waals surface area (Å²) >= 11 is 11.8. The Hall–Kier alpha value is -0.400. The van der Waals surface area contributed by atoms with E-state index in [-0.39, 0.29) is 26.9 Å². The second kappa shape index (κ2) is 6.38. The van der Waals surface area contributed by atoms with E-state index in [9.17, 15) is 12.8 Å². The quantitative estimate of drug-likeness (QED) is 0.907. The van der Waals surface area contributed by atoms with E-state index in [1.807, 2.05) is 6.92 Å². The fourth-order valence-corrected chi connectivity index (χ4v) is 5.20. The largest absolute Gasteiger partial charge is 0.328 e. The van der Waals surface area contributed by atoms with E-state index in [0.29, 0.717) is 13.1 Å². The molecular weight excluding hydrogens is 338 g/mol. The summed E-state index contributed by atoms with van der Waals surface area (Å²) in [6, 6.07) is 1.81. The predicted molar refractivity (Wildman–Crippen MR) is 81.6 cm³/mol. The van der Waals surface area contributed by atoms with Gasteiger partial charge in [-0.15, -0.1) is 0 Å². The summed E-state index contributed by atoms with van der Waals surface area (Å²) in [5, 5.41) is -0.411. The van der Waals surface area contributed by atoms with Gasteiger partial charge in [0, 0.05) is 19.1 Å². The Morgan fingerprint density at radius 1 is 1.38 bits per heavy atom. The smallest absolute Gasteiger partial charge is 0.246 e. The minimum atomic E-state index is -3.86. The van der Waals surface area contributed by atoms with E-state index in [2.05, 4.69) is 0 Å². The van der Waals surface area contributed by atoms with E-state index < -0.39 is 15.8 Å². The Labute approximate surface area is 134 Å². The normalized spacial score (nSPS) is 22.2. The topological polar surface area (TPSA) is 63.4 Å². The van der Waals surface area contributed by atoms with Crippen LogP contribution in [0.15, 0.2) is 17.0 Å². The van der Waals surface area contributed by atoms with Crippen LogP contribution in [0.3, 0.4) is 0 Å². The molecule has 4 nitrogen and oxygen atoms in total. The first-order valence-corrected chi connectivity index (χ1v) is 8.83. The molecule has 2 atom stereocenters. The number of sulfonamides is 1. The first-order valence-electron chi connectivity index (χ1n) is 6.63. The zero-order valence-electron chi connectivity index (χ0n) is 11.5. The lowest BCUT2D eigenvalue weighted by atomic mass is 9.93. The van der Waals surface area contributed by atoms with Crippen LogP contribution in [0.25, 0.3) is 0 Å². The van der Waals surface area contributed by atoms with Crippen LogP contribution in [-0.4, -0.2) is 31.9 Å². The van der Waals surface area contributed by atoms with Crippen LogP contribution in [-0.2, 0) is 10.0 Å².